The zero-order chi connectivity index (χ0) is 20.0. The van der Waals surface area contributed by atoms with Crippen LogP contribution in [0.1, 0.15) is 25.7 Å². The molecule has 0 fully saturated rings. The summed E-state index contributed by atoms with van der Waals surface area (Å²) in [6.45, 7) is 1.34. The molecule has 5 nitrogen and oxygen atoms in total. The number of hydrogen-bond donors (Lipinski definition) is 1. The van der Waals surface area contributed by atoms with Crippen LogP contribution in [0.15, 0.2) is 69.5 Å². The summed E-state index contributed by atoms with van der Waals surface area (Å²) in [5.74, 6) is -0.0281. The van der Waals surface area contributed by atoms with E-state index in [9.17, 15) is 12.8 Å². The van der Waals surface area contributed by atoms with E-state index >= 15 is 0 Å². The van der Waals surface area contributed by atoms with Crippen LogP contribution in [0.5, 0.6) is 0 Å². The highest BCUT2D eigenvalue weighted by Gasteiger charge is 2.38. The number of rotatable bonds is 3. The number of halogens is 1. The number of nitrogens with zero attached hydrogens (tertiary/aromatic N) is 2. The maximum absolute atomic E-state index is 13.2. The molecule has 0 radical (unpaired) electrons. The lowest BCUT2D eigenvalue weighted by molar-refractivity contribution is 0.271. The molecule has 152 valence electrons. The van der Waals surface area contributed by atoms with Crippen LogP contribution in [0.3, 0.4) is 0 Å². The second kappa shape index (κ2) is 7.13. The number of sulfone groups is 1. The van der Waals surface area contributed by atoms with E-state index < -0.39 is 20.9 Å². The monoisotopic (exact) mass is 413 g/mol. The molecule has 7 heteroatoms. The van der Waals surface area contributed by atoms with Gasteiger partial charge in [-0.05, 0) is 61.1 Å². The van der Waals surface area contributed by atoms with E-state index in [1.54, 1.807) is 0 Å². The van der Waals surface area contributed by atoms with Crippen LogP contribution < -0.4 is 5.32 Å². The molecular weight excluding hydrogens is 389 g/mol. The summed E-state index contributed by atoms with van der Waals surface area (Å²) in [5.41, 5.74) is 3.67. The lowest BCUT2D eigenvalue weighted by atomic mass is 9.86. The van der Waals surface area contributed by atoms with E-state index in [1.165, 1.54) is 41.1 Å². The minimum absolute atomic E-state index is 0.196. The predicted octanol–water partition coefficient (Wildman–Crippen LogP) is 3.18. The second-order valence-electron chi connectivity index (χ2n) is 8.18. The van der Waals surface area contributed by atoms with Gasteiger partial charge in [0.05, 0.1) is 16.2 Å². The molecule has 0 aromatic heterocycles. The van der Waals surface area contributed by atoms with Gasteiger partial charge in [0.25, 0.3) is 0 Å². The normalized spacial score (nSPS) is 28.7. The average molecular weight is 414 g/mol. The van der Waals surface area contributed by atoms with Gasteiger partial charge in [-0.1, -0.05) is 6.08 Å². The molecule has 0 spiro atoms. The summed E-state index contributed by atoms with van der Waals surface area (Å²) in [6, 6.07) is 5.43. The highest BCUT2D eigenvalue weighted by Crippen LogP contribution is 2.37. The zero-order valence-electron chi connectivity index (χ0n) is 16.1. The minimum atomic E-state index is -3.50. The van der Waals surface area contributed by atoms with Crippen molar-refractivity contribution in [3.63, 3.8) is 0 Å². The molecule has 2 unspecified atom stereocenters. The van der Waals surface area contributed by atoms with Crippen molar-refractivity contribution in [2.24, 2.45) is 10.9 Å². The second-order valence-corrected chi connectivity index (χ2v) is 10.4. The third-order valence-electron chi connectivity index (χ3n) is 6.42. The highest BCUT2D eigenvalue weighted by molar-refractivity contribution is 7.92. The summed E-state index contributed by atoms with van der Waals surface area (Å²) >= 11 is 0. The van der Waals surface area contributed by atoms with Crippen molar-refractivity contribution in [2.75, 3.05) is 13.1 Å². The van der Waals surface area contributed by atoms with Gasteiger partial charge >= 0.3 is 0 Å². The predicted molar refractivity (Wildman–Crippen MR) is 111 cm³/mol. The van der Waals surface area contributed by atoms with Crippen LogP contribution in [0.4, 0.5) is 4.39 Å². The number of aliphatic imine (C=N–C) groups is 1. The molecule has 5 rings (SSSR count). The standard InChI is InChI=1S/C22H24FN3O2S/c23-18-4-6-19(7-5-18)29(27,28)20-10-15-2-1-3-21(22(15)25-12-20)26-13-16-8-9-24-11-17(16)14-26/h4-9,11,14,16,20-21,25H,1-3,10,12-13H2/t16?,20-,21?/m1/s1. The molecule has 29 heavy (non-hydrogen) atoms. The lowest BCUT2D eigenvalue weighted by Gasteiger charge is -2.40. The third kappa shape index (κ3) is 3.31. The summed E-state index contributed by atoms with van der Waals surface area (Å²) in [7, 11) is -3.50. The van der Waals surface area contributed by atoms with Gasteiger partial charge in [0, 0.05) is 43.3 Å². The molecule has 3 aliphatic heterocycles. The van der Waals surface area contributed by atoms with E-state index in [2.05, 4.69) is 27.5 Å². The summed E-state index contributed by atoms with van der Waals surface area (Å²) in [4.78, 5) is 6.82. The fourth-order valence-electron chi connectivity index (χ4n) is 4.89. The van der Waals surface area contributed by atoms with Crippen LogP contribution in [0, 0.1) is 11.7 Å². The van der Waals surface area contributed by atoms with E-state index in [0.717, 1.165) is 25.8 Å². The molecule has 0 saturated heterocycles. The van der Waals surface area contributed by atoms with Crippen molar-refractivity contribution in [2.45, 2.75) is 41.9 Å². The minimum Gasteiger partial charge on any atom is -0.385 e. The first-order valence-electron chi connectivity index (χ1n) is 10.1. The average Bonchev–Trinajstić information content (AvgIpc) is 3.17. The molecule has 1 aromatic rings. The van der Waals surface area contributed by atoms with Crippen molar-refractivity contribution in [1.29, 1.82) is 0 Å². The van der Waals surface area contributed by atoms with Gasteiger partial charge in [0.2, 0.25) is 0 Å². The highest BCUT2D eigenvalue weighted by atomic mass is 32.2. The Labute approximate surface area is 170 Å². The lowest BCUT2D eigenvalue weighted by Crippen LogP contribution is -2.46. The van der Waals surface area contributed by atoms with Crippen LogP contribution in [-0.4, -0.2) is 43.9 Å². The Kier molecular flexibility index (Phi) is 4.57. The van der Waals surface area contributed by atoms with E-state index in [-0.39, 0.29) is 10.9 Å². The molecule has 0 bridgehead atoms. The maximum atomic E-state index is 13.2. The van der Waals surface area contributed by atoms with Gasteiger partial charge in [-0.15, -0.1) is 0 Å². The fourth-order valence-corrected chi connectivity index (χ4v) is 6.51. The number of hydrogen-bond acceptors (Lipinski definition) is 5. The van der Waals surface area contributed by atoms with Crippen molar-refractivity contribution < 1.29 is 12.8 Å². The van der Waals surface area contributed by atoms with Crippen LogP contribution in [0.25, 0.3) is 0 Å². The summed E-state index contributed by atoms with van der Waals surface area (Å²) in [5, 5.41) is 2.96. The van der Waals surface area contributed by atoms with Gasteiger partial charge < -0.3 is 10.2 Å². The first-order valence-corrected chi connectivity index (χ1v) is 11.7. The maximum Gasteiger partial charge on any atom is 0.183 e. The molecule has 0 amide bonds. The van der Waals surface area contributed by atoms with Crippen LogP contribution >= 0.6 is 0 Å². The number of nitrogens with one attached hydrogen (secondary N) is 1. The number of benzene rings is 1. The Morgan fingerprint density at radius 1 is 1.21 bits per heavy atom. The Bertz CT molecular complexity index is 1040. The molecule has 1 N–H and O–H groups in total. The van der Waals surface area contributed by atoms with Gasteiger partial charge in [-0.25, -0.2) is 12.8 Å². The van der Waals surface area contributed by atoms with Gasteiger partial charge in [-0.3, -0.25) is 4.99 Å². The largest absolute Gasteiger partial charge is 0.385 e. The number of fused-ring (bicyclic) bond motifs is 1. The molecule has 3 heterocycles. The molecular formula is C22H24FN3O2S. The van der Waals surface area contributed by atoms with Crippen molar-refractivity contribution in [3.8, 4) is 0 Å². The fraction of sp³-hybridized carbons (Fsp3) is 0.409. The van der Waals surface area contributed by atoms with E-state index in [1.807, 2.05) is 12.4 Å². The SMILES string of the molecule is O=S(=O)(c1ccc(F)cc1)[C@H]1CNC2=C(CCCC2N2C=C3C=NC=CC3C2)C1. The van der Waals surface area contributed by atoms with Gasteiger partial charge in [0.1, 0.15) is 5.82 Å². The Hall–Kier alpha value is -2.41. The molecule has 1 aromatic carbocycles. The van der Waals surface area contributed by atoms with Crippen molar-refractivity contribution in [1.82, 2.24) is 10.2 Å². The van der Waals surface area contributed by atoms with E-state index in [0.29, 0.717) is 18.9 Å². The van der Waals surface area contributed by atoms with Gasteiger partial charge in [-0.2, -0.15) is 0 Å². The van der Waals surface area contributed by atoms with Crippen molar-refractivity contribution >= 4 is 16.1 Å². The molecule has 3 atom stereocenters. The van der Waals surface area contributed by atoms with E-state index in [4.69, 9.17) is 0 Å². The van der Waals surface area contributed by atoms with Gasteiger partial charge in [0.15, 0.2) is 9.84 Å². The Balaban J connectivity index is 1.38. The molecule has 4 aliphatic rings. The smallest absolute Gasteiger partial charge is 0.183 e. The topological polar surface area (TPSA) is 61.8 Å². The van der Waals surface area contributed by atoms with Crippen LogP contribution in [0.2, 0.25) is 0 Å². The number of allylic oxidation sites excluding steroid dienone is 1. The first kappa shape index (κ1) is 18.6. The Morgan fingerprint density at radius 2 is 2.03 bits per heavy atom. The summed E-state index contributed by atoms with van der Waals surface area (Å²) in [6.07, 6.45) is 11.8. The summed E-state index contributed by atoms with van der Waals surface area (Å²) < 4.78 is 39.3. The first-order chi connectivity index (χ1) is 14.0. The van der Waals surface area contributed by atoms with Crippen molar-refractivity contribution in [3.05, 3.63) is 65.4 Å². The molecule has 1 aliphatic carbocycles. The zero-order valence-corrected chi connectivity index (χ0v) is 16.9. The third-order valence-corrected chi connectivity index (χ3v) is 8.56. The quantitative estimate of drug-likeness (QED) is 0.774. The Morgan fingerprint density at radius 3 is 2.83 bits per heavy atom. The van der Waals surface area contributed by atoms with Crippen LogP contribution in [-0.2, 0) is 9.84 Å². The molecule has 0 saturated carbocycles.